The lowest BCUT2D eigenvalue weighted by Gasteiger charge is -2.34. The molecule has 0 unspecified atom stereocenters. The number of piperazine rings is 1. The highest BCUT2D eigenvalue weighted by molar-refractivity contribution is 5.60. The van der Waals surface area contributed by atoms with Crippen LogP contribution < -0.4 is 21.5 Å². The molecule has 3 aromatic rings. The maximum absolute atomic E-state index is 13.9. The third-order valence-electron chi connectivity index (χ3n) is 6.21. The van der Waals surface area contributed by atoms with Gasteiger partial charge in [-0.2, -0.15) is 13.2 Å². The highest BCUT2D eigenvalue weighted by Gasteiger charge is 2.34. The first-order valence-corrected chi connectivity index (χ1v) is 12.5. The molecule has 1 fully saturated rings. The maximum atomic E-state index is 13.9. The van der Waals surface area contributed by atoms with E-state index in [9.17, 15) is 13.2 Å². The van der Waals surface area contributed by atoms with Crippen molar-refractivity contribution in [1.29, 1.82) is 0 Å². The molecular weight excluding hydrogens is 523 g/mol. The molecule has 2 aromatic heterocycles. The van der Waals surface area contributed by atoms with E-state index in [1.165, 1.54) is 13.3 Å². The molecular formula is C28H32F3N7O2. The Morgan fingerprint density at radius 3 is 2.38 bits per heavy atom. The van der Waals surface area contributed by atoms with Crippen LogP contribution in [0.1, 0.15) is 29.2 Å². The number of methoxy groups -OCH3 is 1. The number of amides is 1. The number of nitrogens with zero attached hydrogens (tertiary/aromatic N) is 4. The number of hydrogen-bond acceptors (Lipinski definition) is 8. The largest absolute Gasteiger partial charge is 0.493 e. The number of aromatic nitrogens is 2. The average Bonchev–Trinajstić information content (AvgIpc) is 2.94. The Hall–Kier alpha value is -4.34. The number of rotatable bonds is 6. The number of benzene rings is 1. The van der Waals surface area contributed by atoms with Crippen molar-refractivity contribution in [2.24, 2.45) is 5.73 Å². The van der Waals surface area contributed by atoms with Crippen molar-refractivity contribution < 1.29 is 22.7 Å². The van der Waals surface area contributed by atoms with Gasteiger partial charge in [-0.25, -0.2) is 9.97 Å². The van der Waals surface area contributed by atoms with E-state index in [-0.39, 0.29) is 24.3 Å². The van der Waals surface area contributed by atoms with E-state index in [0.717, 1.165) is 38.8 Å². The smallest absolute Gasteiger partial charge is 0.416 e. The quantitative estimate of drug-likeness (QED) is 0.312. The van der Waals surface area contributed by atoms with E-state index < -0.39 is 11.7 Å². The van der Waals surface area contributed by atoms with Crippen molar-refractivity contribution >= 4 is 23.7 Å². The summed E-state index contributed by atoms with van der Waals surface area (Å²) in [6.45, 7) is 6.55. The van der Waals surface area contributed by atoms with Crippen LogP contribution in [0.5, 0.6) is 5.75 Å². The molecule has 0 spiro atoms. The summed E-state index contributed by atoms with van der Waals surface area (Å²) in [6, 6.07) is 9.40. The van der Waals surface area contributed by atoms with E-state index in [0.29, 0.717) is 28.4 Å². The van der Waals surface area contributed by atoms with Crippen molar-refractivity contribution in [2.75, 3.05) is 50.9 Å². The molecule has 1 amide bonds. The first-order valence-electron chi connectivity index (χ1n) is 12.5. The molecule has 0 bridgehead atoms. The summed E-state index contributed by atoms with van der Waals surface area (Å²) in [7, 11) is 1.50. The lowest BCUT2D eigenvalue weighted by atomic mass is 10.0. The summed E-state index contributed by atoms with van der Waals surface area (Å²) < 4.78 is 47.0. The standard InChI is InChI=1S/C27H29F3N6O.CH3NO/c1-3-35-10-12-36(13-11-35)18-21-6-7-22(16-23(21)27(28,29)30)34-25-15-19(8-9-32-25)4-5-20-14-24(37-2)26(31)33-17-20;2-1-3/h6-9,14-17H,3,10-13,18H2,1-2H3,(H2,31,33)(H,32,34);1H,(H2,2,3). The van der Waals surface area contributed by atoms with Crippen LogP contribution in [0.4, 0.5) is 30.5 Å². The zero-order valence-corrected chi connectivity index (χ0v) is 22.3. The number of pyridine rings is 2. The van der Waals surface area contributed by atoms with Crippen LogP contribution >= 0.6 is 0 Å². The first-order chi connectivity index (χ1) is 19.2. The van der Waals surface area contributed by atoms with Crippen LogP contribution in [-0.4, -0.2) is 66.0 Å². The minimum absolute atomic E-state index is 0.250. The summed E-state index contributed by atoms with van der Waals surface area (Å²) >= 11 is 0. The van der Waals surface area contributed by atoms with Crippen molar-refractivity contribution in [3.63, 3.8) is 0 Å². The van der Waals surface area contributed by atoms with Gasteiger partial charge in [0.25, 0.3) is 0 Å². The first kappa shape index (κ1) is 30.2. The molecule has 12 heteroatoms. The Kier molecular flexibility index (Phi) is 10.7. The Morgan fingerprint density at radius 2 is 1.73 bits per heavy atom. The molecule has 0 atom stereocenters. The molecule has 0 radical (unpaired) electrons. The minimum Gasteiger partial charge on any atom is -0.493 e. The second kappa shape index (κ2) is 14.2. The van der Waals surface area contributed by atoms with Gasteiger partial charge < -0.3 is 26.4 Å². The summed E-state index contributed by atoms with van der Waals surface area (Å²) in [4.78, 5) is 21.2. The number of anilines is 3. The predicted molar refractivity (Wildman–Crippen MR) is 148 cm³/mol. The van der Waals surface area contributed by atoms with Gasteiger partial charge in [0, 0.05) is 68.0 Å². The Labute approximate surface area is 231 Å². The monoisotopic (exact) mass is 555 g/mol. The number of hydrogen-bond donors (Lipinski definition) is 3. The number of carbonyl (C=O) groups is 1. The molecule has 5 N–H and O–H groups in total. The highest BCUT2D eigenvalue weighted by Crippen LogP contribution is 2.35. The second-order valence-corrected chi connectivity index (χ2v) is 8.83. The van der Waals surface area contributed by atoms with Gasteiger partial charge in [-0.3, -0.25) is 9.69 Å². The second-order valence-electron chi connectivity index (χ2n) is 8.83. The van der Waals surface area contributed by atoms with Crippen LogP contribution in [0.15, 0.2) is 48.8 Å². The molecule has 4 rings (SSSR count). The molecule has 40 heavy (non-hydrogen) atoms. The molecule has 3 heterocycles. The van der Waals surface area contributed by atoms with Crippen LogP contribution in [0.3, 0.4) is 0 Å². The molecule has 0 aliphatic carbocycles. The van der Waals surface area contributed by atoms with Gasteiger partial charge in [0.1, 0.15) is 5.82 Å². The molecule has 1 aliphatic heterocycles. The number of nitrogens with one attached hydrogen (secondary N) is 1. The average molecular weight is 556 g/mol. The number of likely N-dealkylation sites (N-methyl/N-ethyl adjacent to an activating group) is 1. The fourth-order valence-corrected chi connectivity index (χ4v) is 4.12. The van der Waals surface area contributed by atoms with Crippen molar-refractivity contribution in [3.05, 3.63) is 71.0 Å². The van der Waals surface area contributed by atoms with Crippen LogP contribution in [0, 0.1) is 11.8 Å². The lowest BCUT2D eigenvalue weighted by molar-refractivity contribution is -0.138. The highest BCUT2D eigenvalue weighted by atomic mass is 19.4. The van der Waals surface area contributed by atoms with E-state index >= 15 is 0 Å². The summed E-state index contributed by atoms with van der Waals surface area (Å²) in [5.74, 6) is 7.06. The van der Waals surface area contributed by atoms with Gasteiger partial charge in [-0.1, -0.05) is 24.8 Å². The molecule has 1 aliphatic rings. The van der Waals surface area contributed by atoms with Gasteiger partial charge in [0.05, 0.1) is 12.7 Å². The Balaban J connectivity index is 0.00000141. The third kappa shape index (κ3) is 8.59. The molecule has 212 valence electrons. The Bertz CT molecular complexity index is 1350. The zero-order chi connectivity index (χ0) is 29.1. The number of nitrogens with two attached hydrogens (primary N) is 2. The normalized spacial score (nSPS) is 13.8. The zero-order valence-electron chi connectivity index (χ0n) is 22.3. The van der Waals surface area contributed by atoms with Crippen LogP contribution in [0.25, 0.3) is 0 Å². The minimum atomic E-state index is -4.47. The van der Waals surface area contributed by atoms with Crippen molar-refractivity contribution in [2.45, 2.75) is 19.6 Å². The fraction of sp³-hybridized carbons (Fsp3) is 0.321. The summed E-state index contributed by atoms with van der Waals surface area (Å²) in [5.41, 5.74) is 11.1. The number of alkyl halides is 3. The van der Waals surface area contributed by atoms with E-state index in [1.807, 2.05) is 0 Å². The summed E-state index contributed by atoms with van der Waals surface area (Å²) in [6.07, 6.45) is -1.13. The van der Waals surface area contributed by atoms with E-state index in [1.54, 1.807) is 36.5 Å². The predicted octanol–water partition coefficient (Wildman–Crippen LogP) is 3.47. The fourth-order valence-electron chi connectivity index (χ4n) is 4.12. The van der Waals surface area contributed by atoms with Crippen molar-refractivity contribution in [1.82, 2.24) is 19.8 Å². The number of carbonyl (C=O) groups excluding carboxylic acids is 1. The SMILES string of the molecule is CCN1CCN(Cc2ccc(Nc3cc(C#Cc4cnc(N)c(OC)c4)ccn3)cc2C(F)(F)F)CC1.NC=O. The number of primary amides is 1. The Morgan fingerprint density at radius 1 is 1.05 bits per heavy atom. The van der Waals surface area contributed by atoms with E-state index in [4.69, 9.17) is 15.3 Å². The summed E-state index contributed by atoms with van der Waals surface area (Å²) in [5, 5.41) is 2.98. The van der Waals surface area contributed by atoms with Gasteiger partial charge in [0.15, 0.2) is 11.6 Å². The molecule has 1 saturated heterocycles. The maximum Gasteiger partial charge on any atom is 0.416 e. The van der Waals surface area contributed by atoms with E-state index in [2.05, 4.69) is 49.6 Å². The van der Waals surface area contributed by atoms with Crippen molar-refractivity contribution in [3.8, 4) is 17.6 Å². The third-order valence-corrected chi connectivity index (χ3v) is 6.21. The lowest BCUT2D eigenvalue weighted by Crippen LogP contribution is -2.45. The molecule has 1 aromatic carbocycles. The van der Waals surface area contributed by atoms with Crippen LogP contribution in [-0.2, 0) is 17.5 Å². The number of ether oxygens (including phenoxy) is 1. The van der Waals surface area contributed by atoms with Crippen LogP contribution in [0.2, 0.25) is 0 Å². The number of halogens is 3. The van der Waals surface area contributed by atoms with Gasteiger partial charge in [-0.15, -0.1) is 0 Å². The number of nitrogen functional groups attached to an aromatic ring is 1. The topological polar surface area (TPSA) is 123 Å². The van der Waals surface area contributed by atoms with Gasteiger partial charge in [-0.05, 0) is 36.4 Å². The van der Waals surface area contributed by atoms with Gasteiger partial charge >= 0.3 is 6.18 Å². The molecule has 9 nitrogen and oxygen atoms in total. The molecule has 0 saturated carbocycles. The van der Waals surface area contributed by atoms with Gasteiger partial charge in [0.2, 0.25) is 6.41 Å².